The molecule has 1 unspecified atom stereocenters. The van der Waals surface area contributed by atoms with E-state index in [9.17, 15) is 0 Å². The van der Waals surface area contributed by atoms with Crippen LogP contribution in [0.5, 0.6) is 0 Å². The maximum atomic E-state index is 6.13. The Morgan fingerprint density at radius 1 is 1.44 bits per heavy atom. The molecule has 1 aromatic heterocycles. The summed E-state index contributed by atoms with van der Waals surface area (Å²) in [4.78, 5) is 0. The van der Waals surface area contributed by atoms with Crippen molar-refractivity contribution >= 4 is 17.4 Å². The Hall–Kier alpha value is -1.56. The van der Waals surface area contributed by atoms with E-state index < -0.39 is 0 Å². The molecule has 0 aliphatic rings. The van der Waals surface area contributed by atoms with Crippen molar-refractivity contribution < 1.29 is 0 Å². The molecule has 2 rings (SSSR count). The van der Waals surface area contributed by atoms with Gasteiger partial charge in [0.25, 0.3) is 0 Å². The second-order valence-electron chi connectivity index (χ2n) is 4.22. The average Bonchev–Trinajstić information content (AvgIpc) is 2.67. The predicted octanol–water partition coefficient (Wildman–Crippen LogP) is 1.52. The molecule has 1 atom stereocenters. The molecule has 0 saturated carbocycles. The first-order chi connectivity index (χ1) is 8.54. The van der Waals surface area contributed by atoms with Crippen LogP contribution in [-0.4, -0.2) is 9.78 Å². The molecule has 0 saturated heterocycles. The Balaban J connectivity index is 2.45. The van der Waals surface area contributed by atoms with Gasteiger partial charge in [-0.3, -0.25) is 10.5 Å². The Morgan fingerprint density at radius 3 is 2.67 bits per heavy atom. The molecule has 96 valence electrons. The third-order valence-corrected chi connectivity index (χ3v) is 3.43. The van der Waals surface area contributed by atoms with Crippen LogP contribution in [0.1, 0.15) is 22.7 Å². The van der Waals surface area contributed by atoms with Gasteiger partial charge in [0.1, 0.15) is 5.82 Å². The number of halogens is 1. The van der Waals surface area contributed by atoms with Crippen molar-refractivity contribution in [1.82, 2.24) is 15.2 Å². The molecule has 0 amide bonds. The van der Waals surface area contributed by atoms with E-state index in [0.717, 1.165) is 16.7 Å². The zero-order valence-electron chi connectivity index (χ0n) is 10.3. The highest BCUT2D eigenvalue weighted by atomic mass is 35.5. The summed E-state index contributed by atoms with van der Waals surface area (Å²) in [6.45, 7) is 1.95. The SMILES string of the molecule is Cc1ccc(C(NN)c2cnn(C)c2N)cc1Cl. The Kier molecular flexibility index (Phi) is 3.56. The monoisotopic (exact) mass is 265 g/mol. The number of nitrogen functional groups attached to an aromatic ring is 1. The molecule has 6 heteroatoms. The van der Waals surface area contributed by atoms with Gasteiger partial charge in [-0.1, -0.05) is 23.7 Å². The largest absolute Gasteiger partial charge is 0.384 e. The number of aromatic nitrogens is 2. The van der Waals surface area contributed by atoms with Crippen molar-refractivity contribution in [3.05, 3.63) is 46.1 Å². The summed E-state index contributed by atoms with van der Waals surface area (Å²) in [5.41, 5.74) is 11.5. The lowest BCUT2D eigenvalue weighted by Crippen LogP contribution is -2.29. The zero-order valence-corrected chi connectivity index (χ0v) is 11.1. The van der Waals surface area contributed by atoms with Gasteiger partial charge in [-0.2, -0.15) is 5.10 Å². The van der Waals surface area contributed by atoms with Gasteiger partial charge < -0.3 is 5.73 Å². The maximum absolute atomic E-state index is 6.13. The van der Waals surface area contributed by atoms with Crippen LogP contribution in [0.2, 0.25) is 5.02 Å². The molecular formula is C12H16ClN5. The maximum Gasteiger partial charge on any atom is 0.126 e. The van der Waals surface area contributed by atoms with Crippen molar-refractivity contribution in [3.8, 4) is 0 Å². The number of nitrogens with zero attached hydrogens (tertiary/aromatic N) is 2. The fourth-order valence-corrected chi connectivity index (χ4v) is 2.03. The summed E-state index contributed by atoms with van der Waals surface area (Å²) >= 11 is 6.13. The van der Waals surface area contributed by atoms with Gasteiger partial charge in [0, 0.05) is 17.6 Å². The summed E-state index contributed by atoms with van der Waals surface area (Å²) in [6, 6.07) is 5.58. The minimum absolute atomic E-state index is 0.225. The molecular weight excluding hydrogens is 250 g/mol. The van der Waals surface area contributed by atoms with E-state index in [-0.39, 0.29) is 6.04 Å². The van der Waals surface area contributed by atoms with Crippen molar-refractivity contribution in [2.45, 2.75) is 13.0 Å². The lowest BCUT2D eigenvalue weighted by molar-refractivity contribution is 0.638. The second kappa shape index (κ2) is 4.97. The standard InChI is InChI=1S/C12H16ClN5/c1-7-3-4-8(5-10(7)13)11(17-15)9-6-16-18(2)12(9)14/h3-6,11,17H,14-15H2,1-2H3. The van der Waals surface area contributed by atoms with E-state index in [0.29, 0.717) is 10.8 Å². The second-order valence-corrected chi connectivity index (χ2v) is 4.62. The Labute approximate surface area is 111 Å². The molecule has 5 nitrogen and oxygen atoms in total. The lowest BCUT2D eigenvalue weighted by atomic mass is 10.0. The van der Waals surface area contributed by atoms with E-state index in [2.05, 4.69) is 10.5 Å². The number of hydrazine groups is 1. The van der Waals surface area contributed by atoms with Crippen LogP contribution >= 0.6 is 11.6 Å². The quantitative estimate of drug-likeness (QED) is 0.580. The zero-order chi connectivity index (χ0) is 13.3. The first kappa shape index (κ1) is 12.9. The number of rotatable bonds is 3. The van der Waals surface area contributed by atoms with Crippen molar-refractivity contribution in [2.24, 2.45) is 12.9 Å². The van der Waals surface area contributed by atoms with Crippen molar-refractivity contribution in [1.29, 1.82) is 0 Å². The molecule has 0 spiro atoms. The van der Waals surface area contributed by atoms with Gasteiger partial charge >= 0.3 is 0 Å². The van der Waals surface area contributed by atoms with Crippen LogP contribution in [0, 0.1) is 6.92 Å². The molecule has 2 aromatic rings. The third-order valence-electron chi connectivity index (χ3n) is 3.02. The van der Waals surface area contributed by atoms with E-state index >= 15 is 0 Å². The van der Waals surface area contributed by atoms with Gasteiger partial charge in [-0.15, -0.1) is 0 Å². The summed E-state index contributed by atoms with van der Waals surface area (Å²) in [5, 5.41) is 4.82. The highest BCUT2D eigenvalue weighted by molar-refractivity contribution is 6.31. The van der Waals surface area contributed by atoms with E-state index in [1.54, 1.807) is 17.9 Å². The van der Waals surface area contributed by atoms with Gasteiger partial charge in [0.15, 0.2) is 0 Å². The van der Waals surface area contributed by atoms with Crippen molar-refractivity contribution in [2.75, 3.05) is 5.73 Å². The van der Waals surface area contributed by atoms with Crippen LogP contribution in [0.3, 0.4) is 0 Å². The normalized spacial score (nSPS) is 12.7. The van der Waals surface area contributed by atoms with Gasteiger partial charge in [0.2, 0.25) is 0 Å². The number of benzene rings is 1. The number of nitrogens with one attached hydrogen (secondary N) is 1. The number of nitrogens with two attached hydrogens (primary N) is 2. The first-order valence-corrected chi connectivity index (χ1v) is 5.92. The Bertz CT molecular complexity index is 564. The molecule has 1 heterocycles. The molecule has 0 aliphatic heterocycles. The minimum atomic E-state index is -0.225. The average molecular weight is 266 g/mol. The molecule has 0 radical (unpaired) electrons. The minimum Gasteiger partial charge on any atom is -0.384 e. The third kappa shape index (κ3) is 2.20. The molecule has 5 N–H and O–H groups in total. The van der Waals surface area contributed by atoms with E-state index in [1.165, 1.54) is 0 Å². The van der Waals surface area contributed by atoms with Gasteiger partial charge in [0.05, 0.1) is 12.2 Å². The van der Waals surface area contributed by atoms with Crippen LogP contribution in [-0.2, 0) is 7.05 Å². The molecule has 0 aliphatic carbocycles. The summed E-state index contributed by atoms with van der Waals surface area (Å²) < 4.78 is 1.61. The van der Waals surface area contributed by atoms with Crippen LogP contribution < -0.4 is 17.0 Å². The smallest absolute Gasteiger partial charge is 0.126 e. The van der Waals surface area contributed by atoms with Crippen molar-refractivity contribution in [3.63, 3.8) is 0 Å². The highest BCUT2D eigenvalue weighted by Gasteiger charge is 2.18. The lowest BCUT2D eigenvalue weighted by Gasteiger charge is -2.16. The highest BCUT2D eigenvalue weighted by Crippen LogP contribution is 2.28. The van der Waals surface area contributed by atoms with Gasteiger partial charge in [-0.25, -0.2) is 5.43 Å². The Morgan fingerprint density at radius 2 is 2.17 bits per heavy atom. The topological polar surface area (TPSA) is 81.9 Å². The number of aryl methyl sites for hydroxylation is 2. The van der Waals surface area contributed by atoms with Crippen LogP contribution in [0.4, 0.5) is 5.82 Å². The number of hydrogen-bond donors (Lipinski definition) is 3. The van der Waals surface area contributed by atoms with E-state index in [4.69, 9.17) is 23.2 Å². The van der Waals surface area contributed by atoms with Crippen LogP contribution in [0.25, 0.3) is 0 Å². The van der Waals surface area contributed by atoms with Gasteiger partial charge in [-0.05, 0) is 24.1 Å². The molecule has 1 aromatic carbocycles. The summed E-state index contributed by atoms with van der Waals surface area (Å²) in [5.74, 6) is 6.20. The predicted molar refractivity (Wildman–Crippen MR) is 73.0 cm³/mol. The summed E-state index contributed by atoms with van der Waals surface area (Å²) in [7, 11) is 1.79. The molecule has 0 fully saturated rings. The first-order valence-electron chi connectivity index (χ1n) is 5.54. The number of hydrogen-bond acceptors (Lipinski definition) is 4. The van der Waals surface area contributed by atoms with E-state index in [1.807, 2.05) is 25.1 Å². The molecule has 18 heavy (non-hydrogen) atoms. The number of anilines is 1. The fraction of sp³-hybridized carbons (Fsp3) is 0.250. The summed E-state index contributed by atoms with van der Waals surface area (Å²) in [6.07, 6.45) is 1.70. The van der Waals surface area contributed by atoms with Crippen LogP contribution in [0.15, 0.2) is 24.4 Å². The molecule has 0 bridgehead atoms. The fourth-order valence-electron chi connectivity index (χ4n) is 1.84.